The molecular weight excluding hydrogens is 274 g/mol. The van der Waals surface area contributed by atoms with Gasteiger partial charge in [0.15, 0.2) is 0 Å². The van der Waals surface area contributed by atoms with Gasteiger partial charge in [-0.05, 0) is 30.5 Å². The van der Waals surface area contributed by atoms with Crippen molar-refractivity contribution < 1.29 is 22.4 Å². The molecule has 0 radical (unpaired) electrons. The highest BCUT2D eigenvalue weighted by atomic mass is 19.4. The fraction of sp³-hybridized carbons (Fsp3) is 0.500. The van der Waals surface area contributed by atoms with Crippen LogP contribution in [0.25, 0.3) is 0 Å². The van der Waals surface area contributed by atoms with Gasteiger partial charge in [0.1, 0.15) is 5.82 Å². The fourth-order valence-electron chi connectivity index (χ4n) is 2.70. The second-order valence-corrected chi connectivity index (χ2v) is 5.10. The van der Waals surface area contributed by atoms with Crippen LogP contribution in [-0.4, -0.2) is 12.1 Å². The lowest BCUT2D eigenvalue weighted by molar-refractivity contribution is -0.176. The van der Waals surface area contributed by atoms with Crippen molar-refractivity contribution in [1.29, 1.82) is 0 Å². The standard InChI is InChI=1S/C14H15F4NO/c15-11-6-4-10(5-7-11)13(8-2-1-3-9-13)19-12(20)14(16,17)18/h4-7H,1-3,8-9H2,(H,19,20). The van der Waals surface area contributed by atoms with Crippen molar-refractivity contribution in [3.8, 4) is 0 Å². The molecule has 1 N–H and O–H groups in total. The first kappa shape index (κ1) is 14.8. The minimum Gasteiger partial charge on any atom is -0.339 e. The smallest absolute Gasteiger partial charge is 0.339 e. The summed E-state index contributed by atoms with van der Waals surface area (Å²) in [4.78, 5) is 11.3. The van der Waals surface area contributed by atoms with Crippen LogP contribution in [0.1, 0.15) is 37.7 Å². The summed E-state index contributed by atoms with van der Waals surface area (Å²) in [6.45, 7) is 0. The fourth-order valence-corrected chi connectivity index (χ4v) is 2.70. The first-order chi connectivity index (χ1) is 9.33. The molecule has 1 aliphatic carbocycles. The summed E-state index contributed by atoms with van der Waals surface area (Å²) in [5.41, 5.74) is -0.519. The van der Waals surface area contributed by atoms with E-state index in [0.717, 1.165) is 19.3 Å². The lowest BCUT2D eigenvalue weighted by Crippen LogP contribution is -2.51. The van der Waals surface area contributed by atoms with Crippen molar-refractivity contribution in [2.24, 2.45) is 0 Å². The normalized spacial score (nSPS) is 18.6. The minimum atomic E-state index is -4.91. The average Bonchev–Trinajstić information content (AvgIpc) is 2.39. The summed E-state index contributed by atoms with van der Waals surface area (Å²) in [6.07, 6.45) is -1.67. The first-order valence-corrected chi connectivity index (χ1v) is 6.49. The number of hydrogen-bond acceptors (Lipinski definition) is 1. The van der Waals surface area contributed by atoms with Gasteiger partial charge in [0.05, 0.1) is 5.54 Å². The number of carbonyl (C=O) groups excluding carboxylic acids is 1. The third-order valence-corrected chi connectivity index (χ3v) is 3.71. The lowest BCUT2D eigenvalue weighted by Gasteiger charge is -2.38. The van der Waals surface area contributed by atoms with E-state index in [4.69, 9.17) is 0 Å². The highest BCUT2D eigenvalue weighted by Crippen LogP contribution is 2.38. The molecule has 2 rings (SSSR count). The van der Waals surface area contributed by atoms with Gasteiger partial charge in [0.2, 0.25) is 0 Å². The Hall–Kier alpha value is -1.59. The molecule has 0 spiro atoms. The van der Waals surface area contributed by atoms with Gasteiger partial charge in [-0.2, -0.15) is 13.2 Å². The van der Waals surface area contributed by atoms with E-state index in [1.165, 1.54) is 24.3 Å². The molecule has 1 aromatic rings. The summed E-state index contributed by atoms with van der Waals surface area (Å²) in [5, 5.41) is 2.12. The number of carbonyl (C=O) groups is 1. The van der Waals surface area contributed by atoms with Crippen LogP contribution >= 0.6 is 0 Å². The van der Waals surface area contributed by atoms with Gasteiger partial charge in [0.25, 0.3) is 0 Å². The molecule has 1 aromatic carbocycles. The third-order valence-electron chi connectivity index (χ3n) is 3.71. The van der Waals surface area contributed by atoms with Gasteiger partial charge in [-0.25, -0.2) is 4.39 Å². The van der Waals surface area contributed by atoms with E-state index < -0.39 is 23.4 Å². The Kier molecular flexibility index (Phi) is 4.01. The van der Waals surface area contributed by atoms with Crippen LogP contribution in [0, 0.1) is 5.82 Å². The molecule has 0 aromatic heterocycles. The number of halogens is 4. The Balaban J connectivity index is 2.30. The summed E-state index contributed by atoms with van der Waals surface area (Å²) in [5.74, 6) is -2.40. The molecule has 0 atom stereocenters. The second-order valence-electron chi connectivity index (χ2n) is 5.10. The van der Waals surface area contributed by atoms with Crippen molar-refractivity contribution in [2.45, 2.75) is 43.8 Å². The van der Waals surface area contributed by atoms with Crippen LogP contribution in [0.4, 0.5) is 17.6 Å². The van der Waals surface area contributed by atoms with Gasteiger partial charge >= 0.3 is 12.1 Å². The zero-order valence-electron chi connectivity index (χ0n) is 10.8. The van der Waals surface area contributed by atoms with Crippen LogP contribution in [0.2, 0.25) is 0 Å². The Labute approximate surface area is 114 Å². The molecular formula is C14H15F4NO. The molecule has 0 unspecified atom stereocenters. The average molecular weight is 289 g/mol. The molecule has 2 nitrogen and oxygen atoms in total. The predicted molar refractivity (Wildman–Crippen MR) is 65.4 cm³/mol. The largest absolute Gasteiger partial charge is 0.471 e. The van der Waals surface area contributed by atoms with Crippen molar-refractivity contribution in [1.82, 2.24) is 5.32 Å². The van der Waals surface area contributed by atoms with Crippen LogP contribution in [0.3, 0.4) is 0 Å². The first-order valence-electron chi connectivity index (χ1n) is 6.49. The Morgan fingerprint density at radius 1 is 1.05 bits per heavy atom. The van der Waals surface area contributed by atoms with Gasteiger partial charge in [-0.1, -0.05) is 31.4 Å². The zero-order valence-corrected chi connectivity index (χ0v) is 10.8. The summed E-state index contributed by atoms with van der Waals surface area (Å²) >= 11 is 0. The van der Waals surface area contributed by atoms with E-state index >= 15 is 0 Å². The Bertz CT molecular complexity index is 475. The van der Waals surface area contributed by atoms with Crippen molar-refractivity contribution >= 4 is 5.91 Å². The number of amides is 1. The molecule has 20 heavy (non-hydrogen) atoms. The van der Waals surface area contributed by atoms with Crippen molar-refractivity contribution in [3.05, 3.63) is 35.6 Å². The maximum atomic E-state index is 13.0. The lowest BCUT2D eigenvalue weighted by atomic mass is 9.76. The van der Waals surface area contributed by atoms with Gasteiger partial charge in [-0.3, -0.25) is 4.79 Å². The zero-order chi connectivity index (χ0) is 14.8. The summed E-state index contributed by atoms with van der Waals surface area (Å²) in [6, 6.07) is 5.28. The molecule has 1 amide bonds. The highest BCUT2D eigenvalue weighted by Gasteiger charge is 2.45. The van der Waals surface area contributed by atoms with Crippen LogP contribution in [0.5, 0.6) is 0 Å². The monoisotopic (exact) mass is 289 g/mol. The van der Waals surface area contributed by atoms with E-state index in [9.17, 15) is 22.4 Å². The third kappa shape index (κ3) is 3.11. The maximum absolute atomic E-state index is 13.0. The van der Waals surface area contributed by atoms with Gasteiger partial charge in [-0.15, -0.1) is 0 Å². The van der Waals surface area contributed by atoms with Gasteiger partial charge < -0.3 is 5.32 Å². The molecule has 6 heteroatoms. The van der Waals surface area contributed by atoms with Crippen LogP contribution < -0.4 is 5.32 Å². The molecule has 0 heterocycles. The molecule has 0 aliphatic heterocycles. The molecule has 1 saturated carbocycles. The summed E-state index contributed by atoms with van der Waals surface area (Å²) < 4.78 is 50.4. The number of rotatable bonds is 2. The minimum absolute atomic E-state index is 0.431. The van der Waals surface area contributed by atoms with E-state index in [2.05, 4.69) is 5.32 Å². The summed E-state index contributed by atoms with van der Waals surface area (Å²) in [7, 11) is 0. The van der Waals surface area contributed by atoms with E-state index in [1.54, 1.807) is 0 Å². The Morgan fingerprint density at radius 3 is 2.10 bits per heavy atom. The number of benzene rings is 1. The molecule has 1 fully saturated rings. The quantitative estimate of drug-likeness (QED) is 0.827. The Morgan fingerprint density at radius 2 is 1.60 bits per heavy atom. The van der Waals surface area contributed by atoms with E-state index in [-0.39, 0.29) is 0 Å². The topological polar surface area (TPSA) is 29.1 Å². The predicted octanol–water partition coefficient (Wildman–Crippen LogP) is 3.66. The number of hydrogen-bond donors (Lipinski definition) is 1. The second kappa shape index (κ2) is 5.42. The van der Waals surface area contributed by atoms with Crippen molar-refractivity contribution in [2.75, 3.05) is 0 Å². The molecule has 0 saturated heterocycles. The van der Waals surface area contributed by atoms with Crippen LogP contribution in [0.15, 0.2) is 24.3 Å². The molecule has 110 valence electrons. The van der Waals surface area contributed by atoms with E-state index in [1.807, 2.05) is 0 Å². The molecule has 0 bridgehead atoms. The number of nitrogens with one attached hydrogen (secondary N) is 1. The molecule has 1 aliphatic rings. The van der Waals surface area contributed by atoms with Crippen molar-refractivity contribution in [3.63, 3.8) is 0 Å². The van der Waals surface area contributed by atoms with Gasteiger partial charge in [0, 0.05) is 0 Å². The van der Waals surface area contributed by atoms with Crippen LogP contribution in [-0.2, 0) is 10.3 Å². The van der Waals surface area contributed by atoms with E-state index in [0.29, 0.717) is 18.4 Å². The number of alkyl halides is 3. The maximum Gasteiger partial charge on any atom is 0.471 e. The highest BCUT2D eigenvalue weighted by molar-refractivity contribution is 5.82. The SMILES string of the molecule is O=C(NC1(c2ccc(F)cc2)CCCCC1)C(F)(F)F.